The summed E-state index contributed by atoms with van der Waals surface area (Å²) in [6.45, 7) is 2.74. The Balaban J connectivity index is 1.19. The Morgan fingerprint density at radius 1 is 0.933 bits per heavy atom. The van der Waals surface area contributed by atoms with Gasteiger partial charge in [0.25, 0.3) is 0 Å². The zero-order valence-electron chi connectivity index (χ0n) is 25.4. The lowest BCUT2D eigenvalue weighted by Gasteiger charge is -2.28. The molecule has 2 N–H and O–H groups in total. The second-order valence-corrected chi connectivity index (χ2v) is 11.4. The molecule has 230 valence electrons. The molecular weight excluding hydrogens is 569 g/mol. The van der Waals surface area contributed by atoms with Crippen LogP contribution in [-0.2, 0) is 4.79 Å². The van der Waals surface area contributed by atoms with Crippen LogP contribution < -0.4 is 20.1 Å². The van der Waals surface area contributed by atoms with E-state index in [4.69, 9.17) is 9.47 Å². The van der Waals surface area contributed by atoms with E-state index in [-0.39, 0.29) is 11.6 Å². The summed E-state index contributed by atoms with van der Waals surface area (Å²) < 4.78 is 27.3. The van der Waals surface area contributed by atoms with E-state index in [0.29, 0.717) is 46.4 Å². The lowest BCUT2D eigenvalue weighted by Crippen LogP contribution is -2.32. The molecule has 9 heteroatoms. The molecule has 0 spiro atoms. The number of halogens is 1. The van der Waals surface area contributed by atoms with Crippen molar-refractivity contribution in [3.8, 4) is 11.5 Å². The highest BCUT2D eigenvalue weighted by Gasteiger charge is 2.23. The number of methoxy groups -OCH3 is 1. The largest absolute Gasteiger partial charge is 0.493 e. The molecule has 8 nitrogen and oxygen atoms in total. The van der Waals surface area contributed by atoms with E-state index in [1.807, 2.05) is 66.7 Å². The SMILES string of the molecule is COc1cc2c(Nc3ccc(NC(=O)C(c4ccccc4)c4ccccc4)cc3F)ncnc2cc1OCC1CCN(C)CC1. The highest BCUT2D eigenvalue weighted by atomic mass is 19.1. The van der Waals surface area contributed by atoms with Crippen LogP contribution in [0, 0.1) is 11.7 Å². The normalized spacial score (nSPS) is 14.0. The Bertz CT molecular complexity index is 1720. The molecule has 1 saturated heterocycles. The molecule has 4 aromatic carbocycles. The van der Waals surface area contributed by atoms with Gasteiger partial charge in [0.15, 0.2) is 11.5 Å². The summed E-state index contributed by atoms with van der Waals surface area (Å²) in [5, 5.41) is 6.64. The van der Waals surface area contributed by atoms with Gasteiger partial charge < -0.3 is 25.0 Å². The number of ether oxygens (including phenoxy) is 2. The number of carbonyl (C=O) groups is 1. The van der Waals surface area contributed by atoms with Crippen molar-refractivity contribution < 1.29 is 18.7 Å². The van der Waals surface area contributed by atoms with Crippen LogP contribution in [0.4, 0.5) is 21.6 Å². The number of hydrogen-bond acceptors (Lipinski definition) is 7. The van der Waals surface area contributed by atoms with E-state index >= 15 is 4.39 Å². The Hall–Kier alpha value is -5.02. The second-order valence-electron chi connectivity index (χ2n) is 11.4. The first kappa shape index (κ1) is 30.0. The van der Waals surface area contributed by atoms with Crippen LogP contribution in [-0.4, -0.2) is 54.6 Å². The molecular formula is C36H36FN5O3. The van der Waals surface area contributed by atoms with E-state index in [1.165, 1.54) is 12.4 Å². The first-order valence-corrected chi connectivity index (χ1v) is 15.1. The molecule has 1 aliphatic rings. The van der Waals surface area contributed by atoms with Crippen molar-refractivity contribution in [3.05, 3.63) is 114 Å². The number of aromatic nitrogens is 2. The quantitative estimate of drug-likeness (QED) is 0.177. The van der Waals surface area contributed by atoms with Crippen molar-refractivity contribution in [3.63, 3.8) is 0 Å². The molecule has 6 rings (SSSR count). The summed E-state index contributed by atoms with van der Waals surface area (Å²) in [5.41, 5.74) is 2.89. The van der Waals surface area contributed by atoms with E-state index in [2.05, 4.69) is 32.5 Å². The standard InChI is InChI=1S/C36H36FN5O3/c1-42-17-15-24(16-18-42)22-45-33-21-31-28(20-32(33)44-2)35(39-23-38-31)41-30-14-13-27(19-29(30)37)40-36(43)34(25-9-5-3-6-10-25)26-11-7-4-8-12-26/h3-14,19-21,23-24,34H,15-18,22H2,1-2H3,(H,40,43)(H,38,39,41). The van der Waals surface area contributed by atoms with E-state index in [1.54, 1.807) is 25.3 Å². The highest BCUT2D eigenvalue weighted by Crippen LogP contribution is 2.36. The van der Waals surface area contributed by atoms with Crippen LogP contribution in [0.1, 0.15) is 29.9 Å². The fourth-order valence-corrected chi connectivity index (χ4v) is 5.69. The molecule has 2 heterocycles. The van der Waals surface area contributed by atoms with E-state index in [0.717, 1.165) is 37.1 Å². The number of nitrogens with zero attached hydrogens (tertiary/aromatic N) is 3. The Morgan fingerprint density at radius 2 is 1.62 bits per heavy atom. The maximum atomic E-state index is 15.4. The van der Waals surface area contributed by atoms with Gasteiger partial charge in [-0.05, 0) is 74.3 Å². The minimum atomic E-state index is -0.547. The second kappa shape index (κ2) is 13.7. The summed E-state index contributed by atoms with van der Waals surface area (Å²) in [7, 11) is 3.73. The fraction of sp³-hybridized carbons (Fsp3) is 0.250. The predicted octanol–water partition coefficient (Wildman–Crippen LogP) is 7.01. The third-order valence-corrected chi connectivity index (χ3v) is 8.25. The summed E-state index contributed by atoms with van der Waals surface area (Å²) in [6.07, 6.45) is 3.62. The zero-order valence-corrected chi connectivity index (χ0v) is 25.4. The number of likely N-dealkylation sites (tertiary alicyclic amines) is 1. The molecule has 0 radical (unpaired) electrons. The molecule has 0 bridgehead atoms. The van der Waals surface area contributed by atoms with Crippen LogP contribution in [0.15, 0.2) is 97.3 Å². The Labute approximate surface area is 262 Å². The molecule has 5 aromatic rings. The molecule has 0 atom stereocenters. The molecule has 1 amide bonds. The monoisotopic (exact) mass is 605 g/mol. The van der Waals surface area contributed by atoms with Gasteiger partial charge >= 0.3 is 0 Å². The maximum absolute atomic E-state index is 15.4. The minimum Gasteiger partial charge on any atom is -0.493 e. The number of benzene rings is 4. The summed E-state index contributed by atoms with van der Waals surface area (Å²) in [4.78, 5) is 24.6. The molecule has 0 unspecified atom stereocenters. The first-order valence-electron chi connectivity index (χ1n) is 15.1. The number of amides is 1. The van der Waals surface area contributed by atoms with Crippen molar-refractivity contribution in [2.24, 2.45) is 5.92 Å². The van der Waals surface area contributed by atoms with Gasteiger partial charge in [0.05, 0.1) is 30.8 Å². The zero-order chi connectivity index (χ0) is 31.2. The Kier molecular flexibility index (Phi) is 9.17. The highest BCUT2D eigenvalue weighted by molar-refractivity contribution is 5.98. The number of hydrogen-bond donors (Lipinski definition) is 2. The van der Waals surface area contributed by atoms with Crippen molar-refractivity contribution in [2.45, 2.75) is 18.8 Å². The van der Waals surface area contributed by atoms with Crippen LogP contribution in [0.3, 0.4) is 0 Å². The van der Waals surface area contributed by atoms with Crippen molar-refractivity contribution in [1.29, 1.82) is 0 Å². The van der Waals surface area contributed by atoms with Gasteiger partial charge in [-0.25, -0.2) is 14.4 Å². The average molecular weight is 606 g/mol. The van der Waals surface area contributed by atoms with Gasteiger partial charge in [-0.3, -0.25) is 4.79 Å². The molecule has 0 saturated carbocycles. The van der Waals surface area contributed by atoms with Crippen molar-refractivity contribution >= 4 is 34.0 Å². The van der Waals surface area contributed by atoms with Gasteiger partial charge in [0.2, 0.25) is 5.91 Å². The molecule has 1 fully saturated rings. The van der Waals surface area contributed by atoms with Crippen LogP contribution in [0.5, 0.6) is 11.5 Å². The molecule has 45 heavy (non-hydrogen) atoms. The fourth-order valence-electron chi connectivity index (χ4n) is 5.69. The smallest absolute Gasteiger partial charge is 0.236 e. The van der Waals surface area contributed by atoms with Crippen LogP contribution in [0.2, 0.25) is 0 Å². The third kappa shape index (κ3) is 7.05. The summed E-state index contributed by atoms with van der Waals surface area (Å²) in [6, 6.07) is 27.2. The molecule has 1 aromatic heterocycles. The van der Waals surface area contributed by atoms with Gasteiger partial charge in [-0.2, -0.15) is 0 Å². The predicted molar refractivity (Wildman–Crippen MR) is 175 cm³/mol. The lowest BCUT2D eigenvalue weighted by molar-refractivity contribution is -0.116. The van der Waals surface area contributed by atoms with Crippen LogP contribution in [0.25, 0.3) is 10.9 Å². The van der Waals surface area contributed by atoms with Crippen molar-refractivity contribution in [2.75, 3.05) is 44.5 Å². The van der Waals surface area contributed by atoms with Crippen molar-refractivity contribution in [1.82, 2.24) is 14.9 Å². The van der Waals surface area contributed by atoms with Crippen LogP contribution >= 0.6 is 0 Å². The number of anilines is 3. The summed E-state index contributed by atoms with van der Waals surface area (Å²) in [5.74, 6) is 0.735. The molecule has 0 aliphatic carbocycles. The van der Waals surface area contributed by atoms with E-state index < -0.39 is 11.7 Å². The number of carbonyl (C=O) groups excluding carboxylic acids is 1. The Morgan fingerprint density at radius 3 is 2.27 bits per heavy atom. The van der Waals surface area contributed by atoms with Gasteiger partial charge in [0, 0.05) is 17.1 Å². The van der Waals surface area contributed by atoms with Gasteiger partial charge in [-0.15, -0.1) is 0 Å². The maximum Gasteiger partial charge on any atom is 0.236 e. The van der Waals surface area contributed by atoms with Gasteiger partial charge in [-0.1, -0.05) is 60.7 Å². The third-order valence-electron chi connectivity index (χ3n) is 8.25. The lowest BCUT2D eigenvalue weighted by atomic mass is 9.90. The minimum absolute atomic E-state index is 0.206. The topological polar surface area (TPSA) is 88.6 Å². The average Bonchev–Trinajstić information content (AvgIpc) is 3.06. The molecule has 1 aliphatic heterocycles. The number of piperidine rings is 1. The summed E-state index contributed by atoms with van der Waals surface area (Å²) >= 11 is 0. The van der Waals surface area contributed by atoms with Gasteiger partial charge in [0.1, 0.15) is 18.0 Å². The number of nitrogens with one attached hydrogen (secondary N) is 2. The number of rotatable bonds is 10. The first-order chi connectivity index (χ1) is 22.0. The number of fused-ring (bicyclic) bond motifs is 1. The van der Waals surface area contributed by atoms with E-state index in [9.17, 15) is 4.79 Å².